The maximum Gasteiger partial charge on any atom is 0.414 e. The van der Waals surface area contributed by atoms with Gasteiger partial charge in [0.1, 0.15) is 10.7 Å². The zero-order valence-corrected chi connectivity index (χ0v) is 16.8. The second-order valence-corrected chi connectivity index (χ2v) is 7.58. The lowest BCUT2D eigenvalue weighted by atomic mass is 10.2. The van der Waals surface area contributed by atoms with Crippen LogP contribution >= 0.6 is 11.3 Å². The van der Waals surface area contributed by atoms with Crippen molar-refractivity contribution in [3.05, 3.63) is 34.7 Å². The average molecular weight is 419 g/mol. The number of nitrogens with zero attached hydrogens (tertiary/aromatic N) is 5. The van der Waals surface area contributed by atoms with Crippen molar-refractivity contribution in [3.63, 3.8) is 0 Å². The van der Waals surface area contributed by atoms with Crippen LogP contribution in [0.15, 0.2) is 18.5 Å². The van der Waals surface area contributed by atoms with Crippen molar-refractivity contribution < 1.29 is 24.5 Å². The number of hydrogen-bond acceptors (Lipinski definition) is 8. The Bertz CT molecular complexity index is 999. The third-order valence-corrected chi connectivity index (χ3v) is 5.53. The highest BCUT2D eigenvalue weighted by atomic mass is 32.1. The highest BCUT2D eigenvalue weighted by Crippen LogP contribution is 2.32. The van der Waals surface area contributed by atoms with Crippen LogP contribution in [0.2, 0.25) is 0 Å². The molecule has 1 aliphatic heterocycles. The minimum atomic E-state index is -1.82. The van der Waals surface area contributed by atoms with Gasteiger partial charge in [-0.3, -0.25) is 4.90 Å². The molecule has 1 fully saturated rings. The molecule has 0 spiro atoms. The first kappa shape index (κ1) is 20.8. The van der Waals surface area contributed by atoms with Crippen molar-refractivity contribution in [3.8, 4) is 5.82 Å². The van der Waals surface area contributed by atoms with Crippen molar-refractivity contribution in [1.82, 2.24) is 24.6 Å². The zero-order chi connectivity index (χ0) is 21.0. The van der Waals surface area contributed by atoms with Gasteiger partial charge >= 0.3 is 11.9 Å². The predicted molar refractivity (Wildman–Crippen MR) is 105 cm³/mol. The van der Waals surface area contributed by atoms with E-state index in [2.05, 4.69) is 23.8 Å². The average Bonchev–Trinajstić information content (AvgIpc) is 3.31. The molecule has 10 nitrogen and oxygen atoms in total. The Hall–Kier alpha value is -2.89. The van der Waals surface area contributed by atoms with Crippen LogP contribution in [0.1, 0.15) is 16.3 Å². The van der Waals surface area contributed by atoms with Crippen molar-refractivity contribution in [1.29, 1.82) is 0 Å². The predicted octanol–water partition coefficient (Wildman–Crippen LogP) is 1.48. The summed E-state index contributed by atoms with van der Waals surface area (Å²) in [7, 11) is 0. The van der Waals surface area contributed by atoms with Crippen molar-refractivity contribution in [2.75, 3.05) is 26.3 Å². The monoisotopic (exact) mass is 419 g/mol. The number of aliphatic carboxylic acids is 2. The molecule has 0 aliphatic carbocycles. The van der Waals surface area contributed by atoms with Gasteiger partial charge in [-0.05, 0) is 25.5 Å². The van der Waals surface area contributed by atoms with E-state index in [0.29, 0.717) is 0 Å². The minimum Gasteiger partial charge on any atom is -0.473 e. The Morgan fingerprint density at radius 2 is 1.86 bits per heavy atom. The summed E-state index contributed by atoms with van der Waals surface area (Å²) in [6.45, 7) is 8.45. The van der Waals surface area contributed by atoms with E-state index in [-0.39, 0.29) is 0 Å². The molecule has 3 aromatic heterocycles. The SMILES string of the molecule is Cc1sc2nc(CN3CCOCC3)nc(-n3cccn3)c2c1C.O=C(O)C(=O)O. The van der Waals surface area contributed by atoms with E-state index < -0.39 is 11.9 Å². The van der Waals surface area contributed by atoms with Crippen LogP contribution in [0.3, 0.4) is 0 Å². The highest BCUT2D eigenvalue weighted by Gasteiger charge is 2.18. The van der Waals surface area contributed by atoms with E-state index in [4.69, 9.17) is 34.5 Å². The number of aryl methyl sites for hydroxylation is 2. The molecule has 0 amide bonds. The van der Waals surface area contributed by atoms with Crippen LogP contribution in [0, 0.1) is 13.8 Å². The molecular formula is C18H21N5O5S. The van der Waals surface area contributed by atoms with Gasteiger partial charge in [-0.1, -0.05) is 0 Å². The van der Waals surface area contributed by atoms with Gasteiger partial charge in [-0.25, -0.2) is 24.2 Å². The van der Waals surface area contributed by atoms with Gasteiger partial charge < -0.3 is 14.9 Å². The van der Waals surface area contributed by atoms with Gasteiger partial charge in [0.2, 0.25) is 0 Å². The van der Waals surface area contributed by atoms with Crippen LogP contribution in [-0.4, -0.2) is 73.1 Å². The molecule has 1 aliphatic rings. The smallest absolute Gasteiger partial charge is 0.414 e. The lowest BCUT2D eigenvalue weighted by Gasteiger charge is -2.25. The van der Waals surface area contributed by atoms with Crippen LogP contribution in [-0.2, 0) is 20.9 Å². The largest absolute Gasteiger partial charge is 0.473 e. The number of hydrogen-bond donors (Lipinski definition) is 2. The molecule has 0 saturated carbocycles. The molecule has 0 bridgehead atoms. The molecule has 2 N–H and O–H groups in total. The number of morpholine rings is 1. The number of aromatic nitrogens is 4. The first-order valence-corrected chi connectivity index (χ1v) is 9.71. The zero-order valence-electron chi connectivity index (χ0n) is 16.0. The molecule has 0 unspecified atom stereocenters. The van der Waals surface area contributed by atoms with Gasteiger partial charge in [-0.15, -0.1) is 11.3 Å². The molecule has 29 heavy (non-hydrogen) atoms. The summed E-state index contributed by atoms with van der Waals surface area (Å²) in [6.07, 6.45) is 3.72. The standard InChI is InChI=1S/C16H19N5OS.C2H2O4/c1-11-12(2)23-16-14(11)15(21-5-3-4-17-21)18-13(19-16)10-20-6-8-22-9-7-20;3-1(4)2(5)6/h3-5H,6-10H2,1-2H3;(H,3,4)(H,5,6). The number of ether oxygens (including phenoxy) is 1. The Morgan fingerprint density at radius 3 is 2.45 bits per heavy atom. The van der Waals surface area contributed by atoms with Gasteiger partial charge in [0.15, 0.2) is 5.82 Å². The summed E-state index contributed by atoms with van der Waals surface area (Å²) < 4.78 is 7.25. The highest BCUT2D eigenvalue weighted by molar-refractivity contribution is 7.18. The van der Waals surface area contributed by atoms with Crippen molar-refractivity contribution >= 4 is 33.5 Å². The summed E-state index contributed by atoms with van der Waals surface area (Å²) >= 11 is 1.73. The van der Waals surface area contributed by atoms with Crippen LogP contribution in [0.25, 0.3) is 16.0 Å². The third-order valence-electron chi connectivity index (χ3n) is 4.43. The number of thiophene rings is 1. The molecule has 1 saturated heterocycles. The summed E-state index contributed by atoms with van der Waals surface area (Å²) in [5.41, 5.74) is 1.24. The molecule has 11 heteroatoms. The topological polar surface area (TPSA) is 131 Å². The van der Waals surface area contributed by atoms with E-state index in [0.717, 1.165) is 54.7 Å². The molecule has 0 atom stereocenters. The summed E-state index contributed by atoms with van der Waals surface area (Å²) in [5.74, 6) is -1.92. The number of carbonyl (C=O) groups is 2. The van der Waals surface area contributed by atoms with Gasteiger partial charge in [0.25, 0.3) is 0 Å². The molecule has 4 heterocycles. The van der Waals surface area contributed by atoms with Crippen molar-refractivity contribution in [2.45, 2.75) is 20.4 Å². The molecule has 3 aromatic rings. The first-order chi connectivity index (χ1) is 13.9. The fraction of sp³-hybridized carbons (Fsp3) is 0.389. The van der Waals surface area contributed by atoms with E-state index in [9.17, 15) is 0 Å². The number of carboxylic acid groups (broad SMARTS) is 2. The quantitative estimate of drug-likeness (QED) is 0.606. The van der Waals surface area contributed by atoms with Gasteiger partial charge in [0.05, 0.1) is 25.1 Å². The number of fused-ring (bicyclic) bond motifs is 1. The van der Waals surface area contributed by atoms with E-state index >= 15 is 0 Å². The first-order valence-electron chi connectivity index (χ1n) is 8.89. The third kappa shape index (κ3) is 4.94. The Morgan fingerprint density at radius 1 is 1.17 bits per heavy atom. The summed E-state index contributed by atoms with van der Waals surface area (Å²) in [5, 5.41) is 20.3. The Labute approximate surface area is 170 Å². The normalized spacial score (nSPS) is 14.4. The second-order valence-electron chi connectivity index (χ2n) is 6.38. The van der Waals surface area contributed by atoms with Crippen LogP contribution < -0.4 is 0 Å². The van der Waals surface area contributed by atoms with E-state index in [1.807, 2.05) is 16.9 Å². The number of rotatable bonds is 3. The maximum atomic E-state index is 9.10. The summed E-state index contributed by atoms with van der Waals surface area (Å²) in [4.78, 5) is 32.5. The Kier molecular flexibility index (Phi) is 6.52. The fourth-order valence-electron chi connectivity index (χ4n) is 2.86. The van der Waals surface area contributed by atoms with Crippen LogP contribution in [0.4, 0.5) is 0 Å². The lowest BCUT2D eigenvalue weighted by Crippen LogP contribution is -2.36. The molecule has 154 valence electrons. The van der Waals surface area contributed by atoms with E-state index in [1.165, 1.54) is 10.4 Å². The van der Waals surface area contributed by atoms with Crippen LogP contribution in [0.5, 0.6) is 0 Å². The molecule has 4 rings (SSSR count). The molecular weight excluding hydrogens is 398 g/mol. The lowest BCUT2D eigenvalue weighted by molar-refractivity contribution is -0.159. The molecule has 0 radical (unpaired) electrons. The molecule has 0 aromatic carbocycles. The van der Waals surface area contributed by atoms with Crippen molar-refractivity contribution in [2.24, 2.45) is 0 Å². The number of carboxylic acids is 2. The summed E-state index contributed by atoms with van der Waals surface area (Å²) in [6, 6.07) is 1.92. The maximum absolute atomic E-state index is 9.10. The second kappa shape index (κ2) is 9.07. The van der Waals surface area contributed by atoms with Gasteiger partial charge in [0, 0.05) is 30.4 Å². The van der Waals surface area contributed by atoms with E-state index in [1.54, 1.807) is 17.5 Å². The van der Waals surface area contributed by atoms with Gasteiger partial charge in [-0.2, -0.15) is 5.10 Å². The fourth-order valence-corrected chi connectivity index (χ4v) is 3.90. The minimum absolute atomic E-state index is 0.754. The Balaban J connectivity index is 0.000000353.